The predicted octanol–water partition coefficient (Wildman–Crippen LogP) is 2.10. The van der Waals surface area contributed by atoms with Gasteiger partial charge >= 0.3 is 0 Å². The maximum absolute atomic E-state index is 11.9. The second-order valence-electron chi connectivity index (χ2n) is 5.40. The van der Waals surface area contributed by atoms with Crippen LogP contribution in [0, 0.1) is 0 Å². The lowest BCUT2D eigenvalue weighted by Crippen LogP contribution is -2.35. The van der Waals surface area contributed by atoms with Gasteiger partial charge in [0, 0.05) is 18.2 Å². The van der Waals surface area contributed by atoms with Crippen LogP contribution < -0.4 is 10.1 Å². The van der Waals surface area contributed by atoms with Gasteiger partial charge in [-0.25, -0.2) is 8.42 Å². The normalized spacial score (nSPS) is 17.4. The summed E-state index contributed by atoms with van der Waals surface area (Å²) < 4.78 is 29.6. The van der Waals surface area contributed by atoms with Crippen LogP contribution in [0.25, 0.3) is 0 Å². The topological polar surface area (TPSA) is 55.4 Å². The monoisotopic (exact) mass is 297 g/mol. The summed E-state index contributed by atoms with van der Waals surface area (Å²) >= 11 is 0. The van der Waals surface area contributed by atoms with Gasteiger partial charge in [0.1, 0.15) is 5.75 Å². The highest BCUT2D eigenvalue weighted by atomic mass is 32.2. The number of ether oxygens (including phenoxy) is 1. The molecule has 4 nitrogen and oxygen atoms in total. The van der Waals surface area contributed by atoms with E-state index in [9.17, 15) is 8.42 Å². The highest BCUT2D eigenvalue weighted by Crippen LogP contribution is 2.36. The molecule has 20 heavy (non-hydrogen) atoms. The molecule has 1 aromatic carbocycles. The first-order valence-electron chi connectivity index (χ1n) is 7.12. The van der Waals surface area contributed by atoms with E-state index in [-0.39, 0.29) is 6.04 Å². The van der Waals surface area contributed by atoms with E-state index in [1.54, 1.807) is 6.92 Å². The largest absolute Gasteiger partial charge is 0.493 e. The van der Waals surface area contributed by atoms with Crippen molar-refractivity contribution in [2.75, 3.05) is 19.4 Å². The number of nitrogens with one attached hydrogen (secondary N) is 1. The van der Waals surface area contributed by atoms with Crippen LogP contribution in [-0.2, 0) is 16.3 Å². The van der Waals surface area contributed by atoms with E-state index in [1.165, 1.54) is 11.8 Å². The third kappa shape index (κ3) is 3.15. The summed E-state index contributed by atoms with van der Waals surface area (Å²) in [5.41, 5.74) is 2.14. The average Bonchev–Trinajstić information content (AvgIpc) is 2.86. The molecule has 1 heterocycles. The standard InChI is InChI=1S/C15H23NO3S/c1-4-9-16-14(11(2)20(3,17)18)13-7-5-6-12-8-10-19-15(12)13/h5-7,11,14,16H,4,8-10H2,1-3H3. The molecule has 0 bridgehead atoms. The van der Waals surface area contributed by atoms with Crippen LogP contribution in [0.5, 0.6) is 5.75 Å². The number of hydrogen-bond donors (Lipinski definition) is 1. The molecule has 0 fully saturated rings. The van der Waals surface area contributed by atoms with E-state index in [2.05, 4.69) is 12.2 Å². The summed E-state index contributed by atoms with van der Waals surface area (Å²) in [7, 11) is -3.12. The van der Waals surface area contributed by atoms with Crippen molar-refractivity contribution >= 4 is 9.84 Å². The second kappa shape index (κ2) is 6.14. The van der Waals surface area contributed by atoms with Crippen LogP contribution >= 0.6 is 0 Å². The molecule has 0 aromatic heterocycles. The third-order valence-electron chi connectivity index (χ3n) is 3.84. The fourth-order valence-electron chi connectivity index (χ4n) is 2.56. The molecule has 2 unspecified atom stereocenters. The molecule has 1 aromatic rings. The van der Waals surface area contributed by atoms with Gasteiger partial charge in [0.25, 0.3) is 0 Å². The summed E-state index contributed by atoms with van der Waals surface area (Å²) in [6.07, 6.45) is 3.15. The second-order valence-corrected chi connectivity index (χ2v) is 7.80. The van der Waals surface area contributed by atoms with Gasteiger partial charge in [0.2, 0.25) is 0 Å². The summed E-state index contributed by atoms with van der Waals surface area (Å²) in [6.45, 7) is 5.30. The molecule has 1 aliphatic heterocycles. The van der Waals surface area contributed by atoms with Gasteiger partial charge in [0.15, 0.2) is 9.84 Å². The van der Waals surface area contributed by atoms with Crippen molar-refractivity contribution in [3.8, 4) is 5.75 Å². The van der Waals surface area contributed by atoms with Crippen molar-refractivity contribution < 1.29 is 13.2 Å². The highest BCUT2D eigenvalue weighted by Gasteiger charge is 2.30. The van der Waals surface area contributed by atoms with E-state index < -0.39 is 15.1 Å². The Hall–Kier alpha value is -1.07. The van der Waals surface area contributed by atoms with Gasteiger partial charge in [-0.05, 0) is 25.5 Å². The molecule has 1 N–H and O–H groups in total. The van der Waals surface area contributed by atoms with E-state index >= 15 is 0 Å². The molecule has 0 saturated heterocycles. The molecule has 0 spiro atoms. The fraction of sp³-hybridized carbons (Fsp3) is 0.600. The number of fused-ring (bicyclic) bond motifs is 1. The van der Waals surface area contributed by atoms with Crippen molar-refractivity contribution in [2.45, 2.75) is 38.0 Å². The van der Waals surface area contributed by atoms with Crippen LogP contribution in [0.3, 0.4) is 0 Å². The molecule has 5 heteroatoms. The summed E-state index contributed by atoms with van der Waals surface area (Å²) in [5.74, 6) is 0.872. The molecule has 0 aliphatic carbocycles. The van der Waals surface area contributed by atoms with Gasteiger partial charge in [-0.2, -0.15) is 0 Å². The molecule has 112 valence electrons. The van der Waals surface area contributed by atoms with E-state index in [4.69, 9.17) is 4.74 Å². The van der Waals surface area contributed by atoms with Gasteiger partial charge in [0.05, 0.1) is 17.9 Å². The van der Waals surface area contributed by atoms with E-state index in [1.807, 2.05) is 18.2 Å². The maximum atomic E-state index is 11.9. The number of benzene rings is 1. The number of rotatable bonds is 6. The van der Waals surface area contributed by atoms with Crippen LogP contribution in [0.1, 0.15) is 37.4 Å². The summed E-state index contributed by atoms with van der Waals surface area (Å²) in [6, 6.07) is 5.78. The first kappa shape index (κ1) is 15.3. The molecule has 0 radical (unpaired) electrons. The van der Waals surface area contributed by atoms with Gasteiger partial charge in [-0.3, -0.25) is 0 Å². The Morgan fingerprint density at radius 1 is 1.40 bits per heavy atom. The SMILES string of the molecule is CCCNC(c1cccc2c1OCC2)C(C)S(C)(=O)=O. The Labute approximate surface area is 121 Å². The fourth-order valence-corrected chi connectivity index (χ4v) is 3.30. The minimum absolute atomic E-state index is 0.224. The van der Waals surface area contributed by atoms with Crippen LogP contribution in [0.4, 0.5) is 0 Å². The molecule has 1 aliphatic rings. The molecule has 2 atom stereocenters. The average molecular weight is 297 g/mol. The quantitative estimate of drug-likeness (QED) is 0.873. The van der Waals surface area contributed by atoms with Gasteiger partial charge in [-0.1, -0.05) is 25.1 Å². The maximum Gasteiger partial charge on any atom is 0.151 e. The Morgan fingerprint density at radius 2 is 2.15 bits per heavy atom. The molecular weight excluding hydrogens is 274 g/mol. The lowest BCUT2D eigenvalue weighted by atomic mass is 9.99. The molecule has 2 rings (SSSR count). The minimum Gasteiger partial charge on any atom is -0.493 e. The Kier molecular flexibility index (Phi) is 4.70. The first-order chi connectivity index (χ1) is 9.45. The minimum atomic E-state index is -3.12. The zero-order valence-electron chi connectivity index (χ0n) is 12.3. The van der Waals surface area contributed by atoms with Crippen LogP contribution in [0.15, 0.2) is 18.2 Å². The first-order valence-corrected chi connectivity index (χ1v) is 9.07. The molecular formula is C15H23NO3S. The van der Waals surface area contributed by atoms with E-state index in [0.29, 0.717) is 6.61 Å². The zero-order valence-corrected chi connectivity index (χ0v) is 13.2. The number of sulfone groups is 1. The smallest absolute Gasteiger partial charge is 0.151 e. The van der Waals surface area contributed by atoms with Crippen molar-refractivity contribution in [1.82, 2.24) is 5.32 Å². The summed E-state index contributed by atoms with van der Waals surface area (Å²) in [4.78, 5) is 0. The highest BCUT2D eigenvalue weighted by molar-refractivity contribution is 7.91. The molecule has 0 saturated carbocycles. The lowest BCUT2D eigenvalue weighted by molar-refractivity contribution is 0.347. The molecule has 0 amide bonds. The Bertz CT molecular complexity index is 568. The van der Waals surface area contributed by atoms with Crippen molar-refractivity contribution in [1.29, 1.82) is 0 Å². The van der Waals surface area contributed by atoms with Crippen LogP contribution in [0.2, 0.25) is 0 Å². The number of para-hydroxylation sites is 1. The van der Waals surface area contributed by atoms with Crippen molar-refractivity contribution in [3.05, 3.63) is 29.3 Å². The predicted molar refractivity (Wildman–Crippen MR) is 81.0 cm³/mol. The van der Waals surface area contributed by atoms with E-state index in [0.717, 1.165) is 30.7 Å². The number of hydrogen-bond acceptors (Lipinski definition) is 4. The zero-order chi connectivity index (χ0) is 14.8. The summed E-state index contributed by atoms with van der Waals surface area (Å²) in [5, 5.41) is 2.88. The van der Waals surface area contributed by atoms with Crippen LogP contribution in [-0.4, -0.2) is 33.1 Å². The Morgan fingerprint density at radius 3 is 2.80 bits per heavy atom. The van der Waals surface area contributed by atoms with Crippen molar-refractivity contribution in [2.24, 2.45) is 0 Å². The van der Waals surface area contributed by atoms with Gasteiger partial charge < -0.3 is 10.1 Å². The van der Waals surface area contributed by atoms with Gasteiger partial charge in [-0.15, -0.1) is 0 Å². The Balaban J connectivity index is 2.39. The van der Waals surface area contributed by atoms with Crippen molar-refractivity contribution in [3.63, 3.8) is 0 Å². The third-order valence-corrected chi connectivity index (χ3v) is 5.46. The lowest BCUT2D eigenvalue weighted by Gasteiger charge is -2.26.